The van der Waals surface area contributed by atoms with E-state index in [0.29, 0.717) is 22.1 Å². The number of pyridine rings is 1. The summed E-state index contributed by atoms with van der Waals surface area (Å²) in [7, 11) is 0. The Kier molecular flexibility index (Phi) is 2.50. The molecular formula is C19H10BrNO2. The normalized spacial score (nSPS) is 11.9. The van der Waals surface area contributed by atoms with E-state index >= 15 is 0 Å². The smallest absolute Gasteiger partial charge is 0.216 e. The molecule has 0 aliphatic heterocycles. The van der Waals surface area contributed by atoms with Crippen LogP contribution in [0, 0.1) is 0 Å². The van der Waals surface area contributed by atoms with Gasteiger partial charge in [-0.15, -0.1) is 0 Å². The van der Waals surface area contributed by atoms with Gasteiger partial charge in [-0.3, -0.25) is 9.20 Å². The molecule has 2 aromatic carbocycles. The van der Waals surface area contributed by atoms with Crippen LogP contribution in [0.2, 0.25) is 0 Å². The van der Waals surface area contributed by atoms with Crippen LogP contribution >= 0.6 is 15.9 Å². The molecule has 5 aromatic rings. The van der Waals surface area contributed by atoms with Crippen LogP contribution in [0.25, 0.3) is 38.5 Å². The van der Waals surface area contributed by atoms with E-state index in [2.05, 4.69) is 28.1 Å². The molecule has 0 atom stereocenters. The van der Waals surface area contributed by atoms with E-state index in [4.69, 9.17) is 4.42 Å². The molecule has 0 unspecified atom stereocenters. The van der Waals surface area contributed by atoms with Crippen molar-refractivity contribution < 1.29 is 4.42 Å². The van der Waals surface area contributed by atoms with Gasteiger partial charge in [0.15, 0.2) is 0 Å². The molecule has 3 heterocycles. The molecule has 5 rings (SSSR count). The van der Waals surface area contributed by atoms with Crippen molar-refractivity contribution in [3.63, 3.8) is 0 Å². The topological polar surface area (TPSA) is 34.6 Å². The number of fused-ring (bicyclic) bond motifs is 6. The van der Waals surface area contributed by atoms with Crippen LogP contribution in [0.15, 0.2) is 74.3 Å². The number of nitrogens with zero attached hydrogens (tertiary/aromatic N) is 1. The predicted octanol–water partition coefficient (Wildman–Crippen LogP) is 5.11. The summed E-state index contributed by atoms with van der Waals surface area (Å²) < 4.78 is 8.96. The summed E-state index contributed by atoms with van der Waals surface area (Å²) in [5.74, 6) is 0. The van der Waals surface area contributed by atoms with Gasteiger partial charge in [0, 0.05) is 4.47 Å². The van der Waals surface area contributed by atoms with E-state index in [9.17, 15) is 4.79 Å². The molecule has 4 heteroatoms. The standard InChI is InChI=1S/C19H10BrNO2/c20-12-6-8-17-14(9-12)18(22)15-10-13-7-5-11-3-1-2-4-16(11)21(13)19(15)23-17/h1-10H. The van der Waals surface area contributed by atoms with Crippen molar-refractivity contribution in [1.82, 2.24) is 4.40 Å². The lowest BCUT2D eigenvalue weighted by Crippen LogP contribution is -2.01. The van der Waals surface area contributed by atoms with Crippen molar-refractivity contribution in [3.8, 4) is 0 Å². The first kappa shape index (κ1) is 12.9. The SMILES string of the molecule is O=c1c2cc(Br)ccc2oc2c1cc1ccc3ccccc3n12. The summed E-state index contributed by atoms with van der Waals surface area (Å²) in [5.41, 5.74) is 3.17. The number of hydrogen-bond donors (Lipinski definition) is 0. The Balaban J connectivity index is 2.11. The Morgan fingerprint density at radius 3 is 2.70 bits per heavy atom. The average molecular weight is 364 g/mol. The van der Waals surface area contributed by atoms with Gasteiger partial charge in [0.1, 0.15) is 5.58 Å². The quantitative estimate of drug-likeness (QED) is 0.383. The first-order valence-electron chi connectivity index (χ1n) is 7.28. The van der Waals surface area contributed by atoms with Gasteiger partial charge in [-0.25, -0.2) is 0 Å². The van der Waals surface area contributed by atoms with Gasteiger partial charge >= 0.3 is 0 Å². The zero-order valence-corrected chi connectivity index (χ0v) is 13.5. The van der Waals surface area contributed by atoms with Gasteiger partial charge in [0.25, 0.3) is 0 Å². The van der Waals surface area contributed by atoms with Crippen LogP contribution in [0.3, 0.4) is 0 Å². The van der Waals surface area contributed by atoms with E-state index in [1.165, 1.54) is 0 Å². The molecule has 0 saturated carbocycles. The van der Waals surface area contributed by atoms with Crippen molar-refractivity contribution in [3.05, 3.63) is 75.4 Å². The second kappa shape index (κ2) is 4.46. The molecule has 0 amide bonds. The summed E-state index contributed by atoms with van der Waals surface area (Å²) >= 11 is 3.41. The summed E-state index contributed by atoms with van der Waals surface area (Å²) in [6.45, 7) is 0. The van der Waals surface area contributed by atoms with Crippen molar-refractivity contribution >= 4 is 54.4 Å². The van der Waals surface area contributed by atoms with Gasteiger partial charge in [-0.05, 0) is 41.8 Å². The van der Waals surface area contributed by atoms with Gasteiger partial charge in [0.05, 0.1) is 21.8 Å². The highest BCUT2D eigenvalue weighted by Crippen LogP contribution is 2.27. The minimum atomic E-state index is -0.00432. The predicted molar refractivity (Wildman–Crippen MR) is 96.2 cm³/mol. The molecule has 23 heavy (non-hydrogen) atoms. The Labute approximate surface area is 138 Å². The van der Waals surface area contributed by atoms with Crippen molar-refractivity contribution in [2.45, 2.75) is 0 Å². The second-order valence-corrected chi connectivity index (χ2v) is 6.50. The van der Waals surface area contributed by atoms with Gasteiger partial charge < -0.3 is 4.42 Å². The average Bonchev–Trinajstić information content (AvgIpc) is 2.95. The summed E-state index contributed by atoms with van der Waals surface area (Å²) in [5, 5.41) is 2.30. The number of benzene rings is 2. The number of hydrogen-bond acceptors (Lipinski definition) is 2. The molecule has 3 aromatic heterocycles. The lowest BCUT2D eigenvalue weighted by atomic mass is 10.2. The van der Waals surface area contributed by atoms with E-state index in [0.717, 1.165) is 20.9 Å². The van der Waals surface area contributed by atoms with Crippen LogP contribution in [0.5, 0.6) is 0 Å². The maximum absolute atomic E-state index is 12.9. The molecular weight excluding hydrogens is 354 g/mol. The van der Waals surface area contributed by atoms with E-state index in [1.54, 1.807) is 6.07 Å². The van der Waals surface area contributed by atoms with Crippen LogP contribution in [0.1, 0.15) is 0 Å². The van der Waals surface area contributed by atoms with E-state index in [-0.39, 0.29) is 5.43 Å². The Morgan fingerprint density at radius 1 is 0.913 bits per heavy atom. The molecule has 0 radical (unpaired) electrons. The molecule has 0 fully saturated rings. The zero-order chi connectivity index (χ0) is 15.6. The van der Waals surface area contributed by atoms with Crippen LogP contribution in [0.4, 0.5) is 0 Å². The monoisotopic (exact) mass is 363 g/mol. The Bertz CT molecular complexity index is 1300. The van der Waals surface area contributed by atoms with Crippen LogP contribution in [-0.2, 0) is 0 Å². The maximum Gasteiger partial charge on any atom is 0.216 e. The fraction of sp³-hybridized carbons (Fsp3) is 0. The number of para-hydroxylation sites is 1. The molecule has 0 N–H and O–H groups in total. The fourth-order valence-corrected chi connectivity index (χ4v) is 3.53. The molecule has 0 aliphatic rings. The molecule has 0 spiro atoms. The lowest BCUT2D eigenvalue weighted by Gasteiger charge is -2.04. The third kappa shape index (κ3) is 1.72. The largest absolute Gasteiger partial charge is 0.439 e. The summed E-state index contributed by atoms with van der Waals surface area (Å²) in [4.78, 5) is 12.9. The Morgan fingerprint density at radius 2 is 1.78 bits per heavy atom. The summed E-state index contributed by atoms with van der Waals surface area (Å²) in [6.07, 6.45) is 0. The lowest BCUT2D eigenvalue weighted by molar-refractivity contribution is 0.643. The number of aromatic nitrogens is 1. The molecule has 0 saturated heterocycles. The third-order valence-corrected chi connectivity index (χ3v) is 4.73. The van der Waals surface area contributed by atoms with Crippen LogP contribution < -0.4 is 5.43 Å². The number of halogens is 1. The third-order valence-electron chi connectivity index (χ3n) is 4.23. The van der Waals surface area contributed by atoms with E-state index < -0.39 is 0 Å². The highest BCUT2D eigenvalue weighted by atomic mass is 79.9. The first-order chi connectivity index (χ1) is 11.2. The highest BCUT2D eigenvalue weighted by molar-refractivity contribution is 9.10. The van der Waals surface area contributed by atoms with Gasteiger partial charge in [-0.1, -0.05) is 40.2 Å². The van der Waals surface area contributed by atoms with Crippen molar-refractivity contribution in [2.75, 3.05) is 0 Å². The van der Waals surface area contributed by atoms with Crippen molar-refractivity contribution in [1.29, 1.82) is 0 Å². The summed E-state index contributed by atoms with van der Waals surface area (Å²) in [6, 6.07) is 19.6. The Hall–Kier alpha value is -2.59. The van der Waals surface area contributed by atoms with Crippen molar-refractivity contribution in [2.24, 2.45) is 0 Å². The fourth-order valence-electron chi connectivity index (χ4n) is 3.17. The minimum Gasteiger partial charge on any atom is -0.439 e. The zero-order valence-electron chi connectivity index (χ0n) is 11.9. The molecule has 3 nitrogen and oxygen atoms in total. The second-order valence-electron chi connectivity index (χ2n) is 5.59. The highest BCUT2D eigenvalue weighted by Gasteiger charge is 2.14. The number of rotatable bonds is 0. The van der Waals surface area contributed by atoms with Gasteiger partial charge in [-0.2, -0.15) is 0 Å². The molecule has 110 valence electrons. The van der Waals surface area contributed by atoms with E-state index in [1.807, 2.05) is 46.9 Å². The van der Waals surface area contributed by atoms with Gasteiger partial charge in [0.2, 0.25) is 11.1 Å². The van der Waals surface area contributed by atoms with Crippen LogP contribution in [-0.4, -0.2) is 4.40 Å². The first-order valence-corrected chi connectivity index (χ1v) is 8.07. The molecule has 0 bridgehead atoms. The minimum absolute atomic E-state index is 0.00432. The molecule has 0 aliphatic carbocycles. The maximum atomic E-state index is 12.9.